The third-order valence-electron chi connectivity index (χ3n) is 3.71. The lowest BCUT2D eigenvalue weighted by atomic mass is 9.84. The first kappa shape index (κ1) is 15.5. The first-order valence-corrected chi connectivity index (χ1v) is 7.05. The summed E-state index contributed by atoms with van der Waals surface area (Å²) >= 11 is 1.60. The van der Waals surface area contributed by atoms with Gasteiger partial charge in [-0.15, -0.1) is 11.3 Å². The average molecular weight is 283 g/mol. The fourth-order valence-electron chi connectivity index (χ4n) is 1.84. The van der Waals surface area contributed by atoms with Crippen LogP contribution in [-0.2, 0) is 4.79 Å². The topological polar surface area (TPSA) is 78.9 Å². The van der Waals surface area contributed by atoms with E-state index in [-0.39, 0.29) is 17.8 Å². The molecule has 5 nitrogen and oxygen atoms in total. The van der Waals surface area contributed by atoms with Gasteiger partial charge in [0.1, 0.15) is 5.41 Å². The SMILES string of the molecule is CCC(C)(C(=O)N(C)C(C)c1cccs1)/C(N)=N/O. The van der Waals surface area contributed by atoms with Gasteiger partial charge in [0.05, 0.1) is 6.04 Å². The number of amidine groups is 1. The van der Waals surface area contributed by atoms with E-state index >= 15 is 0 Å². The van der Waals surface area contributed by atoms with Crippen LogP contribution in [0, 0.1) is 5.41 Å². The Morgan fingerprint density at radius 1 is 1.68 bits per heavy atom. The van der Waals surface area contributed by atoms with Crippen molar-refractivity contribution in [2.45, 2.75) is 33.2 Å². The number of hydrogen-bond donors (Lipinski definition) is 2. The Morgan fingerprint density at radius 3 is 2.74 bits per heavy atom. The van der Waals surface area contributed by atoms with Crippen molar-refractivity contribution in [2.75, 3.05) is 7.05 Å². The van der Waals surface area contributed by atoms with Gasteiger partial charge in [-0.3, -0.25) is 4.79 Å². The molecule has 3 N–H and O–H groups in total. The van der Waals surface area contributed by atoms with Crippen molar-refractivity contribution in [3.05, 3.63) is 22.4 Å². The molecule has 1 rings (SSSR count). The summed E-state index contributed by atoms with van der Waals surface area (Å²) in [5.41, 5.74) is 4.70. The first-order chi connectivity index (χ1) is 8.88. The molecule has 0 aliphatic carbocycles. The zero-order chi connectivity index (χ0) is 14.6. The summed E-state index contributed by atoms with van der Waals surface area (Å²) in [5.74, 6) is -0.198. The first-order valence-electron chi connectivity index (χ1n) is 6.17. The van der Waals surface area contributed by atoms with Gasteiger partial charge < -0.3 is 15.8 Å². The molecule has 0 aromatic carbocycles. The molecule has 0 radical (unpaired) electrons. The van der Waals surface area contributed by atoms with Gasteiger partial charge in [0, 0.05) is 11.9 Å². The lowest BCUT2D eigenvalue weighted by Crippen LogP contribution is -2.48. The highest BCUT2D eigenvalue weighted by molar-refractivity contribution is 7.10. The molecule has 0 bridgehead atoms. The Labute approximate surface area is 117 Å². The summed E-state index contributed by atoms with van der Waals surface area (Å²) < 4.78 is 0. The van der Waals surface area contributed by atoms with Crippen molar-refractivity contribution in [1.29, 1.82) is 0 Å². The molecule has 1 aromatic rings. The monoisotopic (exact) mass is 283 g/mol. The van der Waals surface area contributed by atoms with Gasteiger partial charge in [0.15, 0.2) is 5.84 Å². The molecule has 1 aromatic heterocycles. The Kier molecular flexibility index (Phi) is 4.94. The fraction of sp³-hybridized carbons (Fsp3) is 0.538. The number of amides is 1. The number of nitrogens with zero attached hydrogens (tertiary/aromatic N) is 2. The molecule has 0 spiro atoms. The largest absolute Gasteiger partial charge is 0.409 e. The highest BCUT2D eigenvalue weighted by atomic mass is 32.1. The number of carbonyl (C=O) groups excluding carboxylic acids is 1. The minimum Gasteiger partial charge on any atom is -0.409 e. The summed E-state index contributed by atoms with van der Waals surface area (Å²) in [5, 5.41) is 13.8. The molecule has 0 saturated heterocycles. The van der Waals surface area contributed by atoms with Crippen molar-refractivity contribution in [1.82, 2.24) is 4.90 Å². The Balaban J connectivity index is 2.98. The van der Waals surface area contributed by atoms with E-state index in [0.29, 0.717) is 6.42 Å². The van der Waals surface area contributed by atoms with Crippen LogP contribution in [0.4, 0.5) is 0 Å². The predicted molar refractivity (Wildman–Crippen MR) is 77.3 cm³/mol. The maximum Gasteiger partial charge on any atom is 0.236 e. The highest BCUT2D eigenvalue weighted by Gasteiger charge is 2.39. The Morgan fingerprint density at radius 2 is 2.32 bits per heavy atom. The minimum atomic E-state index is -0.977. The van der Waals surface area contributed by atoms with Crippen LogP contribution < -0.4 is 5.73 Å². The number of carbonyl (C=O) groups is 1. The number of oxime groups is 1. The minimum absolute atomic E-state index is 0.0372. The zero-order valence-electron chi connectivity index (χ0n) is 11.8. The highest BCUT2D eigenvalue weighted by Crippen LogP contribution is 2.30. The van der Waals surface area contributed by atoms with E-state index in [0.717, 1.165) is 4.88 Å². The summed E-state index contributed by atoms with van der Waals surface area (Å²) in [4.78, 5) is 15.3. The Bertz CT molecular complexity index is 458. The molecule has 0 aliphatic rings. The molecular weight excluding hydrogens is 262 g/mol. The normalized spacial score (nSPS) is 16.7. The van der Waals surface area contributed by atoms with Crippen molar-refractivity contribution < 1.29 is 10.0 Å². The molecule has 2 unspecified atom stereocenters. The van der Waals surface area contributed by atoms with Crippen LogP contribution in [0.1, 0.15) is 38.1 Å². The van der Waals surface area contributed by atoms with E-state index in [4.69, 9.17) is 10.9 Å². The van der Waals surface area contributed by atoms with Gasteiger partial charge in [-0.2, -0.15) is 0 Å². The molecular formula is C13H21N3O2S. The molecule has 19 heavy (non-hydrogen) atoms. The fourth-order valence-corrected chi connectivity index (χ4v) is 2.66. The maximum absolute atomic E-state index is 12.6. The van der Waals surface area contributed by atoms with Crippen LogP contribution >= 0.6 is 11.3 Å². The van der Waals surface area contributed by atoms with E-state index in [2.05, 4.69) is 5.16 Å². The zero-order valence-corrected chi connectivity index (χ0v) is 12.6. The van der Waals surface area contributed by atoms with E-state index in [9.17, 15) is 4.79 Å². The van der Waals surface area contributed by atoms with Crippen molar-refractivity contribution in [2.24, 2.45) is 16.3 Å². The van der Waals surface area contributed by atoms with Gasteiger partial charge in [-0.05, 0) is 31.7 Å². The second-order valence-corrected chi connectivity index (χ2v) is 5.76. The summed E-state index contributed by atoms with van der Waals surface area (Å²) in [7, 11) is 1.74. The molecule has 0 saturated carbocycles. The number of nitrogens with two attached hydrogens (primary N) is 1. The van der Waals surface area contributed by atoms with E-state index in [1.165, 1.54) is 0 Å². The molecule has 106 valence electrons. The van der Waals surface area contributed by atoms with Crippen LogP contribution in [0.15, 0.2) is 22.7 Å². The molecule has 0 aliphatic heterocycles. The second-order valence-electron chi connectivity index (χ2n) is 4.78. The van der Waals surface area contributed by atoms with Gasteiger partial charge in [0.2, 0.25) is 5.91 Å². The number of hydrogen-bond acceptors (Lipinski definition) is 4. The van der Waals surface area contributed by atoms with Crippen LogP contribution in [0.5, 0.6) is 0 Å². The molecule has 6 heteroatoms. The average Bonchev–Trinajstić information content (AvgIpc) is 2.96. The second kappa shape index (κ2) is 6.06. The summed E-state index contributed by atoms with van der Waals surface area (Å²) in [6.07, 6.45) is 0.475. The van der Waals surface area contributed by atoms with Crippen molar-refractivity contribution in [3.8, 4) is 0 Å². The molecule has 1 heterocycles. The van der Waals surface area contributed by atoms with E-state index < -0.39 is 5.41 Å². The van der Waals surface area contributed by atoms with Gasteiger partial charge in [-0.1, -0.05) is 18.1 Å². The summed E-state index contributed by atoms with van der Waals surface area (Å²) in [6, 6.07) is 3.91. The van der Waals surface area contributed by atoms with Crippen molar-refractivity contribution >= 4 is 23.1 Å². The van der Waals surface area contributed by atoms with E-state index in [1.54, 1.807) is 30.2 Å². The predicted octanol–water partition coefficient (Wildman–Crippen LogP) is 2.43. The quantitative estimate of drug-likeness (QED) is 0.377. The lowest BCUT2D eigenvalue weighted by molar-refractivity contribution is -0.138. The van der Waals surface area contributed by atoms with Crippen LogP contribution in [0.3, 0.4) is 0 Å². The van der Waals surface area contributed by atoms with Gasteiger partial charge in [0.25, 0.3) is 0 Å². The number of thiophene rings is 1. The van der Waals surface area contributed by atoms with Gasteiger partial charge in [-0.25, -0.2) is 0 Å². The van der Waals surface area contributed by atoms with Crippen LogP contribution in [0.25, 0.3) is 0 Å². The standard InChI is InChI=1S/C13H21N3O2S/c1-5-13(3,11(14)15-18)12(17)16(4)9(2)10-7-6-8-19-10/h6-9,18H,5H2,1-4H3,(H2,14,15). The Hall–Kier alpha value is -1.56. The third-order valence-corrected chi connectivity index (χ3v) is 4.75. The van der Waals surface area contributed by atoms with Crippen LogP contribution in [-0.4, -0.2) is 28.9 Å². The van der Waals surface area contributed by atoms with Gasteiger partial charge >= 0.3 is 0 Å². The maximum atomic E-state index is 12.6. The molecule has 0 fully saturated rings. The van der Waals surface area contributed by atoms with E-state index in [1.807, 2.05) is 31.4 Å². The molecule has 1 amide bonds. The van der Waals surface area contributed by atoms with Crippen LogP contribution in [0.2, 0.25) is 0 Å². The summed E-state index contributed by atoms with van der Waals surface area (Å²) in [6.45, 7) is 5.51. The molecule has 2 atom stereocenters. The van der Waals surface area contributed by atoms with Crippen molar-refractivity contribution in [3.63, 3.8) is 0 Å². The smallest absolute Gasteiger partial charge is 0.236 e. The third kappa shape index (κ3) is 2.89. The lowest BCUT2D eigenvalue weighted by Gasteiger charge is -2.33. The number of rotatable bonds is 5.